The van der Waals surface area contributed by atoms with Crippen LogP contribution in [0.4, 0.5) is 10.6 Å². The number of hydrogen-bond donors (Lipinski definition) is 2. The third kappa shape index (κ3) is 1.52. The predicted molar refractivity (Wildman–Crippen MR) is 67.5 cm³/mol. The molecule has 3 rings (SSSR count). The first kappa shape index (κ1) is 10.3. The molecule has 0 unspecified atom stereocenters. The Balaban J connectivity index is 2.18. The van der Waals surface area contributed by atoms with E-state index in [1.54, 1.807) is 11.3 Å². The van der Waals surface area contributed by atoms with Gasteiger partial charge in [0.1, 0.15) is 11.5 Å². The zero-order valence-electron chi connectivity index (χ0n) is 9.36. The predicted octanol–water partition coefficient (Wildman–Crippen LogP) is 1.81. The van der Waals surface area contributed by atoms with Crippen molar-refractivity contribution in [3.05, 3.63) is 22.6 Å². The van der Waals surface area contributed by atoms with E-state index in [4.69, 9.17) is 5.73 Å². The molecule has 6 heteroatoms. The third-order valence-corrected chi connectivity index (χ3v) is 3.88. The number of amides is 1. The minimum atomic E-state index is -0.546. The van der Waals surface area contributed by atoms with Crippen LogP contribution in [0.2, 0.25) is 0 Å². The van der Waals surface area contributed by atoms with Crippen LogP contribution in [-0.4, -0.2) is 22.4 Å². The van der Waals surface area contributed by atoms with Gasteiger partial charge in [-0.2, -0.15) is 9.78 Å². The Bertz CT molecular complexity index is 599. The van der Waals surface area contributed by atoms with Crippen molar-refractivity contribution in [1.29, 1.82) is 0 Å². The molecule has 0 spiro atoms. The molecule has 1 amide bonds. The van der Waals surface area contributed by atoms with Crippen molar-refractivity contribution >= 4 is 23.2 Å². The van der Waals surface area contributed by atoms with Crippen LogP contribution in [0, 0.1) is 6.92 Å². The van der Waals surface area contributed by atoms with E-state index in [0.29, 0.717) is 0 Å². The van der Waals surface area contributed by atoms with E-state index in [1.165, 1.54) is 10.2 Å². The first-order valence-corrected chi connectivity index (χ1v) is 6.26. The number of aromatic nitrogens is 2. The molecule has 2 aromatic heterocycles. The molecule has 88 valence electrons. The van der Waals surface area contributed by atoms with E-state index in [0.717, 1.165) is 34.9 Å². The van der Waals surface area contributed by atoms with Gasteiger partial charge in [0.05, 0.1) is 4.88 Å². The lowest BCUT2D eigenvalue weighted by Crippen LogP contribution is -2.22. The number of rotatable bonds is 1. The molecule has 17 heavy (non-hydrogen) atoms. The maximum atomic E-state index is 11.3. The second-order valence-corrected chi connectivity index (χ2v) is 5.00. The highest BCUT2D eigenvalue weighted by molar-refractivity contribution is 7.13. The van der Waals surface area contributed by atoms with E-state index in [9.17, 15) is 4.79 Å². The number of fused-ring (bicyclic) bond motifs is 1. The zero-order chi connectivity index (χ0) is 12.0. The minimum Gasteiger partial charge on any atom is -0.369 e. The second kappa shape index (κ2) is 3.59. The normalized spacial score (nSPS) is 13.5. The van der Waals surface area contributed by atoms with E-state index >= 15 is 0 Å². The van der Waals surface area contributed by atoms with Gasteiger partial charge in [-0.05, 0) is 30.4 Å². The Morgan fingerprint density at radius 3 is 3.12 bits per heavy atom. The fourth-order valence-corrected chi connectivity index (χ4v) is 3.00. The molecule has 0 atom stereocenters. The zero-order valence-corrected chi connectivity index (χ0v) is 10.2. The lowest BCUT2D eigenvalue weighted by Gasteiger charge is -1.99. The van der Waals surface area contributed by atoms with Crippen LogP contribution in [0.5, 0.6) is 0 Å². The number of nitrogens with one attached hydrogen (secondary N) is 1. The largest absolute Gasteiger partial charge is 0.369 e. The number of nitrogens with zero attached hydrogens (tertiary/aromatic N) is 2. The van der Waals surface area contributed by atoms with E-state index in [1.807, 2.05) is 6.92 Å². The van der Waals surface area contributed by atoms with Gasteiger partial charge < -0.3 is 11.1 Å². The quantitative estimate of drug-likeness (QED) is 0.808. The number of thiophene rings is 1. The van der Waals surface area contributed by atoms with Gasteiger partial charge in [0.2, 0.25) is 0 Å². The second-order valence-electron chi connectivity index (χ2n) is 4.09. The highest BCUT2D eigenvalue weighted by Gasteiger charge is 2.25. The molecular weight excluding hydrogens is 236 g/mol. The molecule has 0 bridgehead atoms. The number of carbonyl (C=O) groups is 1. The SMILES string of the molecule is Cc1csc(-c2nn(C(N)=O)c3c2CCN3)c1. The van der Waals surface area contributed by atoms with E-state index < -0.39 is 6.03 Å². The highest BCUT2D eigenvalue weighted by atomic mass is 32.1. The van der Waals surface area contributed by atoms with Crippen LogP contribution in [0.15, 0.2) is 11.4 Å². The number of carbonyl (C=O) groups excluding carboxylic acids is 1. The minimum absolute atomic E-state index is 0.546. The molecule has 2 aromatic rings. The van der Waals surface area contributed by atoms with Crippen LogP contribution in [-0.2, 0) is 6.42 Å². The summed E-state index contributed by atoms with van der Waals surface area (Å²) >= 11 is 1.64. The standard InChI is InChI=1S/C11H12N4OS/c1-6-4-8(17-5-6)9-7-2-3-13-10(7)15(14-9)11(12)16/h4-5,13H,2-3H2,1H3,(H2,12,16). The molecule has 3 heterocycles. The summed E-state index contributed by atoms with van der Waals surface area (Å²) in [6.45, 7) is 2.88. The summed E-state index contributed by atoms with van der Waals surface area (Å²) in [6.07, 6.45) is 0.884. The van der Waals surface area contributed by atoms with Crippen molar-refractivity contribution in [2.45, 2.75) is 13.3 Å². The average molecular weight is 248 g/mol. The van der Waals surface area contributed by atoms with Crippen molar-refractivity contribution in [2.75, 3.05) is 11.9 Å². The van der Waals surface area contributed by atoms with Crippen molar-refractivity contribution in [3.8, 4) is 10.6 Å². The summed E-state index contributed by atoms with van der Waals surface area (Å²) in [7, 11) is 0. The van der Waals surface area contributed by atoms with Crippen LogP contribution < -0.4 is 11.1 Å². The van der Waals surface area contributed by atoms with Crippen LogP contribution in [0.25, 0.3) is 10.6 Å². The molecule has 5 nitrogen and oxygen atoms in total. The number of aryl methyl sites for hydroxylation is 1. The highest BCUT2D eigenvalue weighted by Crippen LogP contribution is 2.35. The number of nitrogens with two attached hydrogens (primary N) is 1. The van der Waals surface area contributed by atoms with Gasteiger partial charge in [0.15, 0.2) is 0 Å². The van der Waals surface area contributed by atoms with E-state index in [-0.39, 0.29) is 0 Å². The van der Waals surface area contributed by atoms with Gasteiger partial charge in [-0.3, -0.25) is 0 Å². The molecule has 0 saturated heterocycles. The molecule has 0 aromatic carbocycles. The topological polar surface area (TPSA) is 72.9 Å². The Morgan fingerprint density at radius 1 is 1.65 bits per heavy atom. The summed E-state index contributed by atoms with van der Waals surface area (Å²) in [5.41, 5.74) is 8.48. The van der Waals surface area contributed by atoms with Gasteiger partial charge in [-0.25, -0.2) is 4.79 Å². The van der Waals surface area contributed by atoms with Gasteiger partial charge in [0.25, 0.3) is 0 Å². The van der Waals surface area contributed by atoms with Crippen molar-refractivity contribution in [2.24, 2.45) is 5.73 Å². The van der Waals surface area contributed by atoms with E-state index in [2.05, 4.69) is 21.9 Å². The van der Waals surface area contributed by atoms with Gasteiger partial charge in [-0.1, -0.05) is 0 Å². The van der Waals surface area contributed by atoms with Gasteiger partial charge in [-0.15, -0.1) is 11.3 Å². The summed E-state index contributed by atoms with van der Waals surface area (Å²) in [5, 5.41) is 9.53. The van der Waals surface area contributed by atoms with Crippen LogP contribution >= 0.6 is 11.3 Å². The Labute approximate surface area is 102 Å². The third-order valence-electron chi connectivity index (χ3n) is 2.82. The number of primary amides is 1. The summed E-state index contributed by atoms with van der Waals surface area (Å²) in [4.78, 5) is 12.4. The molecular formula is C11H12N4OS. The molecule has 0 aliphatic carbocycles. The first-order chi connectivity index (χ1) is 8.16. The summed E-state index contributed by atoms with van der Waals surface area (Å²) < 4.78 is 1.26. The fraction of sp³-hybridized carbons (Fsp3) is 0.273. The Morgan fingerprint density at radius 2 is 2.47 bits per heavy atom. The lowest BCUT2D eigenvalue weighted by molar-refractivity contribution is 0.248. The maximum Gasteiger partial charge on any atom is 0.341 e. The van der Waals surface area contributed by atoms with Gasteiger partial charge in [0, 0.05) is 12.1 Å². The average Bonchev–Trinajstić information content (AvgIpc) is 2.90. The van der Waals surface area contributed by atoms with Crippen molar-refractivity contribution < 1.29 is 4.79 Å². The van der Waals surface area contributed by atoms with Gasteiger partial charge >= 0.3 is 6.03 Å². The molecule has 0 radical (unpaired) electrons. The molecule has 0 fully saturated rings. The fourth-order valence-electron chi connectivity index (χ4n) is 2.09. The lowest BCUT2D eigenvalue weighted by atomic mass is 10.1. The van der Waals surface area contributed by atoms with Crippen LogP contribution in [0.3, 0.4) is 0 Å². The van der Waals surface area contributed by atoms with Crippen molar-refractivity contribution in [1.82, 2.24) is 9.78 Å². The summed E-state index contributed by atoms with van der Waals surface area (Å²) in [6, 6.07) is 1.53. The first-order valence-electron chi connectivity index (χ1n) is 5.38. The van der Waals surface area contributed by atoms with Crippen molar-refractivity contribution in [3.63, 3.8) is 0 Å². The Kier molecular flexibility index (Phi) is 2.19. The smallest absolute Gasteiger partial charge is 0.341 e. The Hall–Kier alpha value is -1.82. The number of hydrogen-bond acceptors (Lipinski definition) is 4. The van der Waals surface area contributed by atoms with Crippen LogP contribution in [0.1, 0.15) is 11.1 Å². The molecule has 0 saturated carbocycles. The molecule has 1 aliphatic rings. The molecule has 3 N–H and O–H groups in total. The molecule has 1 aliphatic heterocycles. The summed E-state index contributed by atoms with van der Waals surface area (Å²) in [5.74, 6) is 0.749. The maximum absolute atomic E-state index is 11.3. The monoisotopic (exact) mass is 248 g/mol. The number of anilines is 1.